The number of nitrogens with one attached hydrogen (secondary N) is 3. The number of hydrogen-bond acceptors (Lipinski definition) is 4. The molecular formula is C20H30N6O. The molecule has 0 aliphatic carbocycles. The van der Waals surface area contributed by atoms with E-state index >= 15 is 0 Å². The Labute approximate surface area is 161 Å². The average molecular weight is 371 g/mol. The highest BCUT2D eigenvalue weighted by atomic mass is 16.2. The number of H-pyrrole nitrogens is 1. The first-order chi connectivity index (χ1) is 13.0. The minimum atomic E-state index is -0.170. The summed E-state index contributed by atoms with van der Waals surface area (Å²) in [6.45, 7) is 6.08. The largest absolute Gasteiger partial charge is 0.336 e. The highest BCUT2D eigenvalue weighted by Gasteiger charge is 2.36. The van der Waals surface area contributed by atoms with E-state index in [0.29, 0.717) is 6.54 Å². The van der Waals surface area contributed by atoms with Crippen LogP contribution in [-0.4, -0.2) is 71.8 Å². The van der Waals surface area contributed by atoms with Gasteiger partial charge in [0.2, 0.25) is 0 Å². The van der Waals surface area contributed by atoms with Crippen LogP contribution in [0.3, 0.4) is 0 Å². The molecule has 0 saturated carbocycles. The lowest BCUT2D eigenvalue weighted by Gasteiger charge is -2.46. The molecule has 1 fully saturated rings. The van der Waals surface area contributed by atoms with Crippen molar-refractivity contribution in [2.75, 3.05) is 45.6 Å². The normalized spacial score (nSPS) is 17.0. The number of rotatable bonds is 6. The van der Waals surface area contributed by atoms with Gasteiger partial charge < -0.3 is 20.4 Å². The topological polar surface area (TPSA) is 76.3 Å². The van der Waals surface area contributed by atoms with Crippen molar-refractivity contribution in [3.8, 4) is 11.3 Å². The second-order valence-electron chi connectivity index (χ2n) is 7.41. The van der Waals surface area contributed by atoms with Gasteiger partial charge in [-0.25, -0.2) is 4.79 Å². The van der Waals surface area contributed by atoms with Crippen molar-refractivity contribution in [2.45, 2.75) is 25.3 Å². The summed E-state index contributed by atoms with van der Waals surface area (Å²) in [7, 11) is 4.21. The molecule has 146 valence electrons. The smallest absolute Gasteiger partial charge is 0.319 e. The fraction of sp³-hybridized carbons (Fsp3) is 0.500. The van der Waals surface area contributed by atoms with Gasteiger partial charge in [-0.2, -0.15) is 5.10 Å². The van der Waals surface area contributed by atoms with Gasteiger partial charge in [-0.1, -0.05) is 19.1 Å². The molecule has 0 spiro atoms. The lowest BCUT2D eigenvalue weighted by molar-refractivity contribution is 0.0604. The van der Waals surface area contributed by atoms with E-state index in [-0.39, 0.29) is 11.6 Å². The number of likely N-dealkylation sites (tertiary alicyclic amines) is 1. The number of likely N-dealkylation sites (N-methyl/N-ethyl adjacent to an activating group) is 1. The van der Waals surface area contributed by atoms with Crippen LogP contribution in [0.2, 0.25) is 0 Å². The van der Waals surface area contributed by atoms with Crippen LogP contribution in [0, 0.1) is 0 Å². The van der Waals surface area contributed by atoms with Gasteiger partial charge in [0, 0.05) is 29.5 Å². The number of nitrogens with zero attached hydrogens (tertiary/aromatic N) is 3. The van der Waals surface area contributed by atoms with Crippen molar-refractivity contribution < 1.29 is 4.79 Å². The molecule has 0 radical (unpaired) electrons. The Hall–Kier alpha value is -2.38. The number of aromatic amines is 1. The maximum absolute atomic E-state index is 12.5. The monoisotopic (exact) mass is 370 g/mol. The molecule has 1 aromatic carbocycles. The number of amides is 2. The molecule has 3 N–H and O–H groups in total. The average Bonchev–Trinajstić information content (AvgIpc) is 3.22. The van der Waals surface area contributed by atoms with Gasteiger partial charge >= 0.3 is 6.03 Å². The summed E-state index contributed by atoms with van der Waals surface area (Å²) in [5.74, 6) is 0. The predicted molar refractivity (Wildman–Crippen MR) is 109 cm³/mol. The van der Waals surface area contributed by atoms with Gasteiger partial charge in [0.1, 0.15) is 0 Å². The summed E-state index contributed by atoms with van der Waals surface area (Å²) in [5.41, 5.74) is 2.69. The van der Waals surface area contributed by atoms with Crippen LogP contribution in [0.5, 0.6) is 0 Å². The van der Waals surface area contributed by atoms with Crippen molar-refractivity contribution in [1.29, 1.82) is 0 Å². The predicted octanol–water partition coefficient (Wildman–Crippen LogP) is 2.61. The van der Waals surface area contributed by atoms with Crippen LogP contribution in [0.25, 0.3) is 11.3 Å². The van der Waals surface area contributed by atoms with E-state index in [1.807, 2.05) is 30.3 Å². The van der Waals surface area contributed by atoms with E-state index in [2.05, 4.69) is 51.6 Å². The van der Waals surface area contributed by atoms with Crippen LogP contribution in [0.15, 0.2) is 36.5 Å². The van der Waals surface area contributed by atoms with E-state index in [9.17, 15) is 4.79 Å². The van der Waals surface area contributed by atoms with Crippen molar-refractivity contribution in [3.05, 3.63) is 36.5 Å². The first-order valence-electron chi connectivity index (χ1n) is 9.57. The summed E-state index contributed by atoms with van der Waals surface area (Å²) in [4.78, 5) is 17.2. The molecule has 1 aliphatic rings. The van der Waals surface area contributed by atoms with E-state index in [1.54, 1.807) is 6.20 Å². The van der Waals surface area contributed by atoms with Crippen molar-refractivity contribution in [2.24, 2.45) is 0 Å². The summed E-state index contributed by atoms with van der Waals surface area (Å²) in [5, 5.41) is 12.9. The summed E-state index contributed by atoms with van der Waals surface area (Å²) >= 11 is 0. The number of carbonyl (C=O) groups excluding carboxylic acids is 1. The van der Waals surface area contributed by atoms with Gasteiger partial charge in [0.25, 0.3) is 0 Å². The van der Waals surface area contributed by atoms with E-state index < -0.39 is 0 Å². The Morgan fingerprint density at radius 1 is 1.30 bits per heavy atom. The first kappa shape index (κ1) is 19.4. The number of carbonyl (C=O) groups is 1. The number of piperidine rings is 1. The number of aromatic nitrogens is 2. The van der Waals surface area contributed by atoms with Gasteiger partial charge in [-0.15, -0.1) is 0 Å². The Morgan fingerprint density at radius 3 is 2.70 bits per heavy atom. The third kappa shape index (κ3) is 4.67. The molecular weight excluding hydrogens is 340 g/mol. The maximum Gasteiger partial charge on any atom is 0.319 e. The van der Waals surface area contributed by atoms with Crippen LogP contribution in [0.1, 0.15) is 19.8 Å². The molecule has 1 aromatic heterocycles. The molecule has 27 heavy (non-hydrogen) atoms. The fourth-order valence-electron chi connectivity index (χ4n) is 3.67. The maximum atomic E-state index is 12.5. The minimum Gasteiger partial charge on any atom is -0.336 e. The summed E-state index contributed by atoms with van der Waals surface area (Å²) in [6.07, 6.45) is 3.83. The quantitative estimate of drug-likeness (QED) is 0.731. The molecule has 3 rings (SSSR count). The van der Waals surface area contributed by atoms with Crippen molar-refractivity contribution in [1.82, 2.24) is 25.3 Å². The van der Waals surface area contributed by atoms with Crippen LogP contribution in [0.4, 0.5) is 10.5 Å². The second kappa shape index (κ2) is 8.54. The zero-order chi connectivity index (χ0) is 19.3. The molecule has 7 nitrogen and oxygen atoms in total. The van der Waals surface area contributed by atoms with Gasteiger partial charge in [-0.3, -0.25) is 5.10 Å². The molecule has 1 aliphatic heterocycles. The summed E-state index contributed by atoms with van der Waals surface area (Å²) in [6, 6.07) is 9.47. The number of anilines is 1. The Bertz CT molecular complexity index is 735. The number of hydrogen-bond donors (Lipinski definition) is 3. The molecule has 7 heteroatoms. The summed E-state index contributed by atoms with van der Waals surface area (Å²) < 4.78 is 0. The third-order valence-electron chi connectivity index (χ3n) is 5.69. The number of urea groups is 1. The van der Waals surface area contributed by atoms with Crippen LogP contribution >= 0.6 is 0 Å². The van der Waals surface area contributed by atoms with Gasteiger partial charge in [0.15, 0.2) is 0 Å². The standard InChI is InChI=1S/C20H30N6O/c1-4-26-12-9-20(10-13-26,25(2)3)15-21-19(27)23-17-7-5-6-16(14-17)18-8-11-22-24-18/h5-8,11,14H,4,9-10,12-13,15H2,1-3H3,(H,22,24)(H2,21,23,27). The molecule has 0 unspecified atom stereocenters. The lowest BCUT2D eigenvalue weighted by Crippen LogP contribution is -2.58. The molecule has 0 atom stereocenters. The highest BCUT2D eigenvalue weighted by molar-refractivity contribution is 5.90. The van der Waals surface area contributed by atoms with E-state index in [1.165, 1.54) is 0 Å². The molecule has 0 bridgehead atoms. The fourth-order valence-corrected chi connectivity index (χ4v) is 3.67. The van der Waals surface area contributed by atoms with Gasteiger partial charge in [0.05, 0.1) is 5.69 Å². The Balaban J connectivity index is 1.58. The molecule has 1 saturated heterocycles. The lowest BCUT2D eigenvalue weighted by atomic mass is 9.86. The van der Waals surface area contributed by atoms with E-state index in [0.717, 1.165) is 49.4 Å². The first-order valence-corrected chi connectivity index (χ1v) is 9.57. The SMILES string of the molecule is CCN1CCC(CNC(=O)Nc2cccc(-c3ccn[nH]3)c2)(N(C)C)CC1. The molecule has 2 aromatic rings. The molecule has 2 heterocycles. The Morgan fingerprint density at radius 2 is 2.07 bits per heavy atom. The molecule has 2 amide bonds. The van der Waals surface area contributed by atoms with Crippen LogP contribution in [-0.2, 0) is 0 Å². The van der Waals surface area contributed by atoms with E-state index in [4.69, 9.17) is 0 Å². The van der Waals surface area contributed by atoms with Gasteiger partial charge in [-0.05, 0) is 64.8 Å². The van der Waals surface area contributed by atoms with Crippen molar-refractivity contribution in [3.63, 3.8) is 0 Å². The van der Waals surface area contributed by atoms with Crippen molar-refractivity contribution >= 4 is 11.7 Å². The third-order valence-corrected chi connectivity index (χ3v) is 5.69. The zero-order valence-electron chi connectivity index (χ0n) is 16.5. The number of benzene rings is 1. The zero-order valence-corrected chi connectivity index (χ0v) is 16.5. The minimum absolute atomic E-state index is 0.0147. The van der Waals surface area contributed by atoms with Crippen LogP contribution < -0.4 is 10.6 Å². The highest BCUT2D eigenvalue weighted by Crippen LogP contribution is 2.26. The Kier molecular flexibility index (Phi) is 6.13. The second-order valence-corrected chi connectivity index (χ2v) is 7.41.